The number of hydrazine groups is 1. The van der Waals surface area contributed by atoms with Crippen molar-refractivity contribution in [2.24, 2.45) is 0 Å². The topological polar surface area (TPSA) is 43.8 Å². The number of nitrogens with zero attached hydrogens (tertiary/aromatic N) is 2. The Hall–Kier alpha value is -0.980. The first-order valence-electron chi connectivity index (χ1n) is 4.80. The van der Waals surface area contributed by atoms with Crippen LogP contribution in [0.5, 0.6) is 0 Å². The van der Waals surface area contributed by atoms with Gasteiger partial charge in [-0.2, -0.15) is 8.78 Å². The molecular weight excluding hydrogens is 213 g/mol. The lowest BCUT2D eigenvalue weighted by atomic mass is 9.77. The summed E-state index contributed by atoms with van der Waals surface area (Å²) in [5.41, 5.74) is -1.91. The number of hydrogen-bond acceptors (Lipinski definition) is 2. The first-order valence-corrected chi connectivity index (χ1v) is 4.80. The highest BCUT2D eigenvalue weighted by atomic mass is 19.3. The number of halogens is 3. The molecule has 1 spiro atoms. The molecule has 4 nitrogen and oxygen atoms in total. The Balaban J connectivity index is 2.25. The zero-order valence-electron chi connectivity index (χ0n) is 7.92. The molecule has 2 fully saturated rings. The van der Waals surface area contributed by atoms with E-state index in [0.29, 0.717) is 12.8 Å². The zero-order valence-corrected chi connectivity index (χ0v) is 7.92. The highest BCUT2D eigenvalue weighted by Gasteiger charge is 2.76. The number of amides is 1. The van der Waals surface area contributed by atoms with Crippen LogP contribution in [0.3, 0.4) is 0 Å². The molecule has 0 aromatic heterocycles. The fourth-order valence-corrected chi connectivity index (χ4v) is 2.38. The van der Waals surface area contributed by atoms with Gasteiger partial charge in [-0.25, -0.2) is 4.79 Å². The molecule has 1 heterocycles. The molecule has 1 aliphatic carbocycles. The molecule has 7 heteroatoms. The summed E-state index contributed by atoms with van der Waals surface area (Å²) in [4.78, 5) is 10.4. The van der Waals surface area contributed by atoms with E-state index in [1.54, 1.807) is 0 Å². The van der Waals surface area contributed by atoms with Gasteiger partial charge in [-0.15, -0.1) is 9.49 Å². The van der Waals surface area contributed by atoms with Crippen LogP contribution in [-0.2, 0) is 0 Å². The summed E-state index contributed by atoms with van der Waals surface area (Å²) in [6.07, 6.45) is -0.162. The maximum atomic E-state index is 13.5. The molecule has 1 saturated carbocycles. The first-order chi connectivity index (χ1) is 6.93. The molecule has 1 saturated heterocycles. The van der Waals surface area contributed by atoms with Gasteiger partial charge >= 0.3 is 12.1 Å². The van der Waals surface area contributed by atoms with Gasteiger partial charge < -0.3 is 5.11 Å². The average molecular weight is 224 g/mol. The Bertz CT molecular complexity index is 292. The van der Waals surface area contributed by atoms with Crippen molar-refractivity contribution in [1.29, 1.82) is 0 Å². The summed E-state index contributed by atoms with van der Waals surface area (Å²) < 4.78 is 40.4. The molecule has 1 N–H and O–H groups in total. The lowest BCUT2D eigenvalue weighted by Gasteiger charge is -2.59. The molecule has 0 atom stereocenters. The zero-order chi connectivity index (χ0) is 11.3. The van der Waals surface area contributed by atoms with Crippen LogP contribution in [0.15, 0.2) is 0 Å². The Labute approximate surface area is 84.2 Å². The predicted octanol–water partition coefficient (Wildman–Crippen LogP) is 2.38. The summed E-state index contributed by atoms with van der Waals surface area (Å²) in [7, 11) is 0. The largest absolute Gasteiger partial charge is 0.464 e. The van der Waals surface area contributed by atoms with Crippen molar-refractivity contribution in [3.63, 3.8) is 0 Å². The van der Waals surface area contributed by atoms with Crippen molar-refractivity contribution in [3.8, 4) is 0 Å². The van der Waals surface area contributed by atoms with Gasteiger partial charge in [0.25, 0.3) is 0 Å². The lowest BCUT2D eigenvalue weighted by Crippen LogP contribution is -2.82. The predicted molar refractivity (Wildman–Crippen MR) is 43.6 cm³/mol. The molecule has 2 aliphatic rings. The minimum absolute atomic E-state index is 0.000278. The van der Waals surface area contributed by atoms with Gasteiger partial charge in [-0.05, 0) is 18.1 Å². The van der Waals surface area contributed by atoms with Crippen LogP contribution in [0, 0.1) is 0 Å². The Kier molecular flexibility index (Phi) is 2.11. The van der Waals surface area contributed by atoms with Crippen molar-refractivity contribution in [3.05, 3.63) is 0 Å². The summed E-state index contributed by atoms with van der Waals surface area (Å²) in [6, 6.07) is -3.62. The highest BCUT2D eigenvalue weighted by Crippen LogP contribution is 2.55. The van der Waals surface area contributed by atoms with E-state index in [9.17, 15) is 18.1 Å². The number of rotatable bonds is 0. The minimum atomic E-state index is -3.62. The van der Waals surface area contributed by atoms with Crippen LogP contribution in [0.1, 0.15) is 32.1 Å². The molecular formula is C8H11F3N2O2. The van der Waals surface area contributed by atoms with E-state index in [1.165, 1.54) is 0 Å². The lowest BCUT2D eigenvalue weighted by molar-refractivity contribution is -0.469. The molecule has 15 heavy (non-hydrogen) atoms. The number of carbonyl (C=O) groups is 1. The summed E-state index contributed by atoms with van der Waals surface area (Å²) in [5, 5.41) is 7.58. The maximum absolute atomic E-state index is 13.5. The van der Waals surface area contributed by atoms with Crippen molar-refractivity contribution >= 4 is 6.09 Å². The van der Waals surface area contributed by atoms with E-state index in [4.69, 9.17) is 5.11 Å². The minimum Gasteiger partial charge on any atom is -0.464 e. The summed E-state index contributed by atoms with van der Waals surface area (Å²) in [6.45, 7) is 0. The molecule has 0 aromatic rings. The fourth-order valence-electron chi connectivity index (χ4n) is 2.38. The van der Waals surface area contributed by atoms with Crippen molar-refractivity contribution < 1.29 is 23.2 Å². The molecule has 2 rings (SSSR count). The number of hydrogen-bond donors (Lipinski definition) is 1. The SMILES string of the molecule is O=C(O)N1N(F)C2(CCCCC2)C1(F)F. The van der Waals surface area contributed by atoms with Crippen LogP contribution in [-0.4, -0.2) is 33.0 Å². The van der Waals surface area contributed by atoms with Crippen molar-refractivity contribution in [2.75, 3.05) is 0 Å². The van der Waals surface area contributed by atoms with Gasteiger partial charge in [0, 0.05) is 0 Å². The molecule has 0 aromatic carbocycles. The molecule has 0 radical (unpaired) electrons. The molecule has 0 unspecified atom stereocenters. The van der Waals surface area contributed by atoms with E-state index in [2.05, 4.69) is 0 Å². The van der Waals surface area contributed by atoms with Gasteiger partial charge in [-0.3, -0.25) is 0 Å². The Morgan fingerprint density at radius 1 is 1.20 bits per heavy atom. The third-order valence-corrected chi connectivity index (χ3v) is 3.22. The van der Waals surface area contributed by atoms with E-state index >= 15 is 0 Å². The van der Waals surface area contributed by atoms with Gasteiger partial charge in [0.05, 0.1) is 0 Å². The highest BCUT2D eigenvalue weighted by molar-refractivity contribution is 5.66. The van der Waals surface area contributed by atoms with Gasteiger partial charge in [0.1, 0.15) is 0 Å². The second-order valence-electron chi connectivity index (χ2n) is 3.99. The Morgan fingerprint density at radius 2 is 1.73 bits per heavy atom. The standard InChI is InChI=1S/C8H11F3N2O2/c9-8(10)7(4-2-1-3-5-7)13(11)12(8)6(14)15/h1-5H2,(H,14,15). The van der Waals surface area contributed by atoms with Crippen LogP contribution in [0.4, 0.5) is 18.1 Å². The number of carboxylic acid groups (broad SMARTS) is 1. The van der Waals surface area contributed by atoms with Crippen molar-refractivity contribution in [2.45, 2.75) is 43.7 Å². The normalized spacial score (nSPS) is 28.9. The Morgan fingerprint density at radius 3 is 2.13 bits per heavy atom. The third kappa shape index (κ3) is 1.09. The van der Waals surface area contributed by atoms with Gasteiger partial charge in [-0.1, -0.05) is 19.3 Å². The van der Waals surface area contributed by atoms with E-state index in [-0.39, 0.29) is 18.1 Å². The second kappa shape index (κ2) is 3.01. The van der Waals surface area contributed by atoms with Gasteiger partial charge in [0.2, 0.25) is 0 Å². The van der Waals surface area contributed by atoms with E-state index < -0.39 is 22.7 Å². The van der Waals surface area contributed by atoms with Crippen LogP contribution in [0.25, 0.3) is 0 Å². The molecule has 0 bridgehead atoms. The fraction of sp³-hybridized carbons (Fsp3) is 0.875. The summed E-state index contributed by atoms with van der Waals surface area (Å²) in [5.74, 6) is 0. The summed E-state index contributed by atoms with van der Waals surface area (Å²) >= 11 is 0. The second-order valence-corrected chi connectivity index (χ2v) is 3.99. The third-order valence-electron chi connectivity index (χ3n) is 3.22. The van der Waals surface area contributed by atoms with Crippen LogP contribution in [0.2, 0.25) is 0 Å². The molecule has 1 amide bonds. The smallest absolute Gasteiger partial charge is 0.429 e. The quantitative estimate of drug-likeness (QED) is 0.507. The monoisotopic (exact) mass is 224 g/mol. The van der Waals surface area contributed by atoms with E-state index in [1.807, 2.05) is 0 Å². The average Bonchev–Trinajstić information content (AvgIpc) is 2.18. The van der Waals surface area contributed by atoms with Crippen LogP contribution >= 0.6 is 0 Å². The first kappa shape index (κ1) is 10.5. The molecule has 86 valence electrons. The molecule has 1 aliphatic heterocycles. The van der Waals surface area contributed by atoms with E-state index in [0.717, 1.165) is 6.42 Å². The van der Waals surface area contributed by atoms with Crippen LogP contribution < -0.4 is 0 Å². The number of alkyl halides is 2. The van der Waals surface area contributed by atoms with Crippen molar-refractivity contribution in [1.82, 2.24) is 10.2 Å². The van der Waals surface area contributed by atoms with Gasteiger partial charge in [0.15, 0.2) is 5.54 Å². The maximum Gasteiger partial charge on any atom is 0.429 e.